The van der Waals surface area contributed by atoms with E-state index >= 15 is 0 Å². The normalized spacial score (nSPS) is 14.5. The van der Waals surface area contributed by atoms with Gasteiger partial charge < -0.3 is 14.6 Å². The molecule has 1 amide bonds. The molecule has 1 aliphatic carbocycles. The monoisotopic (exact) mass is 447 g/mol. The second-order valence-corrected chi connectivity index (χ2v) is 9.26. The van der Waals surface area contributed by atoms with Gasteiger partial charge in [-0.25, -0.2) is 4.98 Å². The van der Waals surface area contributed by atoms with Crippen molar-refractivity contribution in [3.63, 3.8) is 0 Å². The summed E-state index contributed by atoms with van der Waals surface area (Å²) in [5, 5.41) is 3.02. The van der Waals surface area contributed by atoms with Gasteiger partial charge in [-0.3, -0.25) is 4.79 Å². The molecule has 1 saturated carbocycles. The zero-order valence-corrected chi connectivity index (χ0v) is 19.9. The van der Waals surface area contributed by atoms with Gasteiger partial charge >= 0.3 is 0 Å². The first-order valence-electron chi connectivity index (χ1n) is 12.6. The molecule has 2 aromatic carbocycles. The first kappa shape index (κ1) is 23.3. The molecule has 0 aliphatic heterocycles. The molecule has 0 radical (unpaired) electrons. The number of para-hydroxylation sites is 2. The summed E-state index contributed by atoms with van der Waals surface area (Å²) >= 11 is 0. The molecule has 5 heteroatoms. The molecule has 4 rings (SSSR count). The summed E-state index contributed by atoms with van der Waals surface area (Å²) in [6.45, 7) is 1.77. The fourth-order valence-corrected chi connectivity index (χ4v) is 5.01. The lowest BCUT2D eigenvalue weighted by atomic mass is 9.87. The van der Waals surface area contributed by atoms with Gasteiger partial charge in [0.15, 0.2) is 0 Å². The summed E-state index contributed by atoms with van der Waals surface area (Å²) in [6, 6.07) is 15.8. The van der Waals surface area contributed by atoms with Crippen molar-refractivity contribution in [3.8, 4) is 5.75 Å². The van der Waals surface area contributed by atoms with Crippen LogP contribution in [0.1, 0.15) is 74.0 Å². The van der Waals surface area contributed by atoms with Gasteiger partial charge in [-0.15, -0.1) is 0 Å². The summed E-state index contributed by atoms with van der Waals surface area (Å²) < 4.78 is 7.67. The van der Waals surface area contributed by atoms with E-state index in [0.717, 1.165) is 43.7 Å². The number of ether oxygens (including phenoxy) is 1. The number of benzene rings is 2. The van der Waals surface area contributed by atoms with Crippen molar-refractivity contribution in [2.24, 2.45) is 5.92 Å². The molecule has 1 aromatic heterocycles. The predicted molar refractivity (Wildman–Crippen MR) is 134 cm³/mol. The number of aromatic nitrogens is 2. The number of aryl methyl sites for hydroxylation is 2. The second-order valence-electron chi connectivity index (χ2n) is 9.26. The van der Waals surface area contributed by atoms with E-state index in [1.807, 2.05) is 18.2 Å². The van der Waals surface area contributed by atoms with Gasteiger partial charge in [0.2, 0.25) is 0 Å². The van der Waals surface area contributed by atoms with Crippen LogP contribution in [0.3, 0.4) is 0 Å². The molecule has 0 bridgehead atoms. The number of rotatable bonds is 11. The number of nitrogens with one attached hydrogen (secondary N) is 1. The van der Waals surface area contributed by atoms with E-state index in [2.05, 4.69) is 34.1 Å². The highest BCUT2D eigenvalue weighted by molar-refractivity contribution is 5.94. The summed E-state index contributed by atoms with van der Waals surface area (Å²) in [6.07, 6.45) is 12.4. The van der Waals surface area contributed by atoms with E-state index in [9.17, 15) is 4.79 Å². The number of methoxy groups -OCH3 is 1. The lowest BCUT2D eigenvalue weighted by molar-refractivity contribution is 0.0952. The first-order chi connectivity index (χ1) is 16.2. The zero-order valence-electron chi connectivity index (χ0n) is 19.9. The van der Waals surface area contributed by atoms with Crippen LogP contribution in [0.25, 0.3) is 11.0 Å². The largest absolute Gasteiger partial charge is 0.497 e. The Kier molecular flexibility index (Phi) is 8.40. The van der Waals surface area contributed by atoms with Gasteiger partial charge in [0, 0.05) is 25.1 Å². The Morgan fingerprint density at radius 3 is 2.76 bits per heavy atom. The van der Waals surface area contributed by atoms with Gasteiger partial charge in [-0.1, -0.05) is 56.7 Å². The predicted octanol–water partition coefficient (Wildman–Crippen LogP) is 6.16. The number of unbranched alkanes of at least 4 members (excludes halogenated alkanes) is 2. The second kappa shape index (κ2) is 11.9. The average Bonchev–Trinajstić information content (AvgIpc) is 3.22. The van der Waals surface area contributed by atoms with E-state index in [-0.39, 0.29) is 5.91 Å². The van der Waals surface area contributed by atoms with Crippen molar-refractivity contribution < 1.29 is 9.53 Å². The molecule has 0 saturated heterocycles. The fraction of sp³-hybridized carbons (Fsp3) is 0.500. The van der Waals surface area contributed by atoms with Crippen LogP contribution in [-0.4, -0.2) is 29.1 Å². The zero-order chi connectivity index (χ0) is 22.9. The molecule has 3 aromatic rings. The van der Waals surface area contributed by atoms with Crippen LogP contribution in [0.5, 0.6) is 5.75 Å². The number of hydrogen-bond donors (Lipinski definition) is 1. The molecule has 33 heavy (non-hydrogen) atoms. The van der Waals surface area contributed by atoms with Crippen molar-refractivity contribution >= 4 is 16.9 Å². The third-order valence-electron chi connectivity index (χ3n) is 6.91. The summed E-state index contributed by atoms with van der Waals surface area (Å²) in [4.78, 5) is 17.3. The van der Waals surface area contributed by atoms with Crippen LogP contribution in [0.4, 0.5) is 0 Å². The third-order valence-corrected chi connectivity index (χ3v) is 6.91. The van der Waals surface area contributed by atoms with Gasteiger partial charge in [0.05, 0.1) is 18.1 Å². The molecule has 1 heterocycles. The summed E-state index contributed by atoms with van der Waals surface area (Å²) in [5.41, 5.74) is 3.02. The number of carbonyl (C=O) groups excluding carboxylic acids is 1. The highest BCUT2D eigenvalue weighted by Gasteiger charge is 2.16. The van der Waals surface area contributed by atoms with Crippen molar-refractivity contribution in [1.82, 2.24) is 14.9 Å². The molecular formula is C28H37N3O2. The molecular weight excluding hydrogens is 410 g/mol. The van der Waals surface area contributed by atoms with Gasteiger partial charge in [0.25, 0.3) is 5.91 Å². The van der Waals surface area contributed by atoms with Crippen LogP contribution in [0.15, 0.2) is 48.5 Å². The molecule has 1 fully saturated rings. The van der Waals surface area contributed by atoms with Gasteiger partial charge in [-0.05, 0) is 55.5 Å². The molecule has 1 aliphatic rings. The maximum absolute atomic E-state index is 12.3. The van der Waals surface area contributed by atoms with Gasteiger partial charge in [-0.2, -0.15) is 0 Å². The Bertz CT molecular complexity index is 1040. The number of hydrogen-bond acceptors (Lipinski definition) is 3. The maximum Gasteiger partial charge on any atom is 0.251 e. The van der Waals surface area contributed by atoms with Crippen molar-refractivity contribution in [3.05, 3.63) is 59.9 Å². The minimum atomic E-state index is -0.0431. The van der Waals surface area contributed by atoms with Crippen LogP contribution >= 0.6 is 0 Å². The first-order valence-corrected chi connectivity index (χ1v) is 12.6. The highest BCUT2D eigenvalue weighted by Crippen LogP contribution is 2.28. The Balaban J connectivity index is 1.25. The standard InChI is InChI=1S/C28H37N3O2/c1-33-24-14-10-13-23(21-24)28(32)29-19-9-3-6-17-27-30-25-15-7-8-16-26(25)31(27)20-18-22-11-4-2-5-12-22/h7-8,10,13-16,21-22H,2-6,9,11-12,17-20H2,1H3,(H,29,32). The Hall–Kier alpha value is -2.82. The van der Waals surface area contributed by atoms with Crippen LogP contribution in [0.2, 0.25) is 0 Å². The Labute approximate surface area is 197 Å². The number of fused-ring (bicyclic) bond motifs is 1. The smallest absolute Gasteiger partial charge is 0.251 e. The Morgan fingerprint density at radius 1 is 1.06 bits per heavy atom. The maximum atomic E-state index is 12.3. The Morgan fingerprint density at radius 2 is 1.91 bits per heavy atom. The molecule has 0 spiro atoms. The van der Waals surface area contributed by atoms with Crippen molar-refractivity contribution in [1.29, 1.82) is 0 Å². The van der Waals surface area contributed by atoms with E-state index < -0.39 is 0 Å². The minimum absolute atomic E-state index is 0.0431. The van der Waals surface area contributed by atoms with E-state index in [1.165, 1.54) is 49.9 Å². The summed E-state index contributed by atoms with van der Waals surface area (Å²) in [5.74, 6) is 2.75. The topological polar surface area (TPSA) is 56.1 Å². The number of carbonyl (C=O) groups is 1. The van der Waals surface area contributed by atoms with Crippen LogP contribution < -0.4 is 10.1 Å². The van der Waals surface area contributed by atoms with Crippen molar-refractivity contribution in [2.45, 2.75) is 70.8 Å². The minimum Gasteiger partial charge on any atom is -0.497 e. The molecule has 176 valence electrons. The van der Waals surface area contributed by atoms with E-state index in [1.54, 1.807) is 13.2 Å². The molecule has 0 unspecified atom stereocenters. The van der Waals surface area contributed by atoms with Crippen LogP contribution in [-0.2, 0) is 13.0 Å². The average molecular weight is 448 g/mol. The third kappa shape index (κ3) is 6.37. The highest BCUT2D eigenvalue weighted by atomic mass is 16.5. The fourth-order valence-electron chi connectivity index (χ4n) is 5.01. The number of nitrogens with zero attached hydrogens (tertiary/aromatic N) is 2. The molecule has 0 atom stereocenters. The lowest BCUT2D eigenvalue weighted by Crippen LogP contribution is -2.24. The van der Waals surface area contributed by atoms with E-state index in [4.69, 9.17) is 9.72 Å². The van der Waals surface area contributed by atoms with E-state index in [0.29, 0.717) is 17.9 Å². The quantitative estimate of drug-likeness (QED) is 0.358. The SMILES string of the molecule is COc1cccc(C(=O)NCCCCCc2nc3ccccc3n2CCC2CCCCC2)c1. The van der Waals surface area contributed by atoms with Gasteiger partial charge in [0.1, 0.15) is 11.6 Å². The summed E-state index contributed by atoms with van der Waals surface area (Å²) in [7, 11) is 1.61. The number of imidazole rings is 1. The lowest BCUT2D eigenvalue weighted by Gasteiger charge is -2.22. The molecule has 1 N–H and O–H groups in total. The number of amides is 1. The van der Waals surface area contributed by atoms with Crippen LogP contribution in [0, 0.1) is 5.92 Å². The molecule has 5 nitrogen and oxygen atoms in total. The van der Waals surface area contributed by atoms with Crippen molar-refractivity contribution in [2.75, 3.05) is 13.7 Å².